The van der Waals surface area contributed by atoms with Crippen molar-refractivity contribution in [3.8, 4) is 0 Å². The fraction of sp³-hybridized carbons (Fsp3) is 0.0120. The molecule has 2 N–H and O–H groups in total. The fourth-order valence-electron chi connectivity index (χ4n) is 10.6. The molecule has 0 unspecified atom stereocenters. The van der Waals surface area contributed by atoms with Gasteiger partial charge in [0.05, 0.1) is 37.0 Å². The van der Waals surface area contributed by atoms with E-state index in [0.29, 0.717) is 23.3 Å². The number of nitrogens with one attached hydrogen (secondary N) is 2. The van der Waals surface area contributed by atoms with E-state index < -0.39 is 46.2 Å². The molecule has 0 spiro atoms. The maximum atomic E-state index is 9.75. The van der Waals surface area contributed by atoms with E-state index in [9.17, 15) is 34.5 Å². The van der Waals surface area contributed by atoms with Crippen molar-refractivity contribution in [2.45, 2.75) is 0 Å². The Balaban J connectivity index is 0.000000203. The molecule has 0 amide bonds. The van der Waals surface area contributed by atoms with Crippen LogP contribution >= 0.6 is 54.9 Å². The molecular formula is C83H74B2Cl2Cu2F8N8P4+4. The van der Waals surface area contributed by atoms with Gasteiger partial charge in [-0.05, 0) is 158 Å². The van der Waals surface area contributed by atoms with Crippen LogP contribution in [-0.4, -0.2) is 51.5 Å². The Morgan fingerprint density at radius 2 is 0.330 bits per heavy atom. The van der Waals surface area contributed by atoms with Crippen LogP contribution in [0.1, 0.15) is 11.6 Å². The van der Waals surface area contributed by atoms with Crippen LogP contribution in [0, 0.1) is 0 Å². The summed E-state index contributed by atoms with van der Waals surface area (Å²) in [5.74, 6) is 1.80. The molecule has 0 saturated carbocycles. The molecule has 0 fully saturated rings. The molecule has 15 rings (SSSR count). The van der Waals surface area contributed by atoms with Crippen LogP contribution in [0.5, 0.6) is 0 Å². The second kappa shape index (κ2) is 49.6. The second-order valence-corrected chi connectivity index (χ2v) is 33.0. The SMILES string of the molecule is ClCCl.F[B-](F)(F)F.F[B-](F)(F)F.[Cu+].[Cu+].c1ccc([PH+](c2ccccc2)c2ccccc2)cc1.c1ccc([PH+](c2ccccc2)c2ccccc2)cc1.c1ccc([PH+](c2ccccc2)c2ccccc2)cc1.c1ccc([PH+](c2ccccc2)c2ccccc2)cc1.c1cnc(C2=NNC(c3ncccn3)=NN2)nc1. The fourth-order valence-corrected chi connectivity index (χ4v) is 20.9. The zero-order valence-corrected chi connectivity index (χ0v) is 65.4. The summed E-state index contributed by atoms with van der Waals surface area (Å²) in [6.45, 7) is 0. The number of aromatic nitrogens is 4. The summed E-state index contributed by atoms with van der Waals surface area (Å²) in [7, 11) is -15.5. The molecule has 8 nitrogen and oxygen atoms in total. The quantitative estimate of drug-likeness (QED) is 0.0487. The number of hydrogen-bond donors (Lipinski definition) is 2. The Morgan fingerprint density at radius 3 is 0.431 bits per heavy atom. The maximum absolute atomic E-state index is 9.75. The van der Waals surface area contributed by atoms with Crippen LogP contribution < -0.4 is 74.5 Å². The zero-order chi connectivity index (χ0) is 75.6. The van der Waals surface area contributed by atoms with E-state index in [4.69, 9.17) is 23.2 Å². The third kappa shape index (κ3) is 32.4. The number of alkyl halides is 2. The van der Waals surface area contributed by atoms with Gasteiger partial charge in [-0.15, -0.1) is 23.2 Å². The Hall–Kier alpha value is -9.35. The Bertz CT molecular complexity index is 3830. The average Bonchev–Trinajstić information content (AvgIpc) is 0.837. The van der Waals surface area contributed by atoms with E-state index in [-0.39, 0.29) is 39.5 Å². The van der Waals surface area contributed by atoms with E-state index >= 15 is 0 Å². The Kier molecular flexibility index (Phi) is 40.3. The number of rotatable bonds is 14. The van der Waals surface area contributed by atoms with Gasteiger partial charge in [0.1, 0.15) is 63.7 Å². The van der Waals surface area contributed by atoms with Crippen molar-refractivity contribution in [2.24, 2.45) is 10.2 Å². The molecule has 26 heteroatoms. The molecule has 12 aromatic carbocycles. The van der Waals surface area contributed by atoms with Gasteiger partial charge in [0.2, 0.25) is 11.7 Å². The molecule has 0 radical (unpaired) electrons. The molecule has 0 saturated heterocycles. The van der Waals surface area contributed by atoms with E-state index in [1.807, 2.05) is 0 Å². The van der Waals surface area contributed by atoms with Crippen LogP contribution in [0.3, 0.4) is 0 Å². The van der Waals surface area contributed by atoms with Crippen LogP contribution in [-0.2, 0) is 34.1 Å². The first-order valence-corrected chi connectivity index (χ1v) is 40.4. The molecule has 0 atom stereocenters. The van der Waals surface area contributed by atoms with Gasteiger partial charge in [-0.1, -0.05) is 218 Å². The number of benzene rings is 12. The minimum absolute atomic E-state index is 0. The van der Waals surface area contributed by atoms with Crippen molar-refractivity contribution in [1.82, 2.24) is 30.8 Å². The maximum Gasteiger partial charge on any atom is 1.00 e. The molecular weight excluding hydrogens is 1600 g/mol. The first-order valence-electron chi connectivity index (χ1n) is 33.4. The van der Waals surface area contributed by atoms with Gasteiger partial charge in [0.15, 0.2) is 11.6 Å². The number of nitrogens with zero attached hydrogens (tertiary/aromatic N) is 6. The van der Waals surface area contributed by atoms with Crippen molar-refractivity contribution in [3.63, 3.8) is 0 Å². The number of hydrogen-bond acceptors (Lipinski definition) is 8. The van der Waals surface area contributed by atoms with Crippen molar-refractivity contribution < 1.29 is 68.7 Å². The van der Waals surface area contributed by atoms with Gasteiger partial charge < -0.3 is 34.5 Å². The van der Waals surface area contributed by atoms with E-state index in [2.05, 4.69) is 405 Å². The van der Waals surface area contributed by atoms with Gasteiger partial charge >= 0.3 is 48.6 Å². The van der Waals surface area contributed by atoms with Crippen molar-refractivity contribution in [3.05, 3.63) is 413 Å². The smallest absolute Gasteiger partial charge is 0.418 e. The molecule has 14 aromatic rings. The van der Waals surface area contributed by atoms with E-state index in [1.165, 1.54) is 63.7 Å². The van der Waals surface area contributed by atoms with Gasteiger partial charge in [-0.2, -0.15) is 10.2 Å². The van der Waals surface area contributed by atoms with Crippen LogP contribution in [0.15, 0.2) is 411 Å². The van der Waals surface area contributed by atoms with Gasteiger partial charge in [-0.3, -0.25) is 10.9 Å². The third-order valence-corrected chi connectivity index (χ3v) is 25.8. The van der Waals surface area contributed by atoms with E-state index in [0.717, 1.165) is 0 Å². The summed E-state index contributed by atoms with van der Waals surface area (Å²) in [5, 5.41) is 25.6. The standard InChI is InChI=1S/4C18H15P.C10H8N8.CH2Cl2.2BF4.2Cu/c4*1-4-10-16(11-5-1)19(17-12-6-2-7-13-17)18-14-8-3-9-15-18;1-3-11-7(12-4-1)9-15-17-10(18-16-9)8-13-5-2-6-14-8;2-1-3;2*2-1(3,4)5;;/h4*1-15H;1-6H,(H,15,16)(H,17,18);1H2;;;;/q;;;;;;2*-1;2*+1/p+4. The van der Waals surface area contributed by atoms with Crippen molar-refractivity contribution in [1.29, 1.82) is 0 Å². The van der Waals surface area contributed by atoms with Gasteiger partial charge in [0.25, 0.3) is 0 Å². The Morgan fingerprint density at radius 1 is 0.220 bits per heavy atom. The average molecular weight is 1680 g/mol. The first kappa shape index (κ1) is 88.5. The summed E-state index contributed by atoms with van der Waals surface area (Å²) < 4.78 is 78.0. The normalized spacial score (nSPS) is 11.0. The monoisotopic (exact) mass is 1680 g/mol. The van der Waals surface area contributed by atoms with Crippen LogP contribution in [0.2, 0.25) is 0 Å². The molecule has 109 heavy (non-hydrogen) atoms. The number of amidine groups is 2. The first-order chi connectivity index (χ1) is 52.1. The van der Waals surface area contributed by atoms with Crippen LogP contribution in [0.25, 0.3) is 0 Å². The third-order valence-electron chi connectivity index (χ3n) is 14.9. The Labute approximate surface area is 667 Å². The molecule has 1 aliphatic rings. The summed E-state index contributed by atoms with van der Waals surface area (Å²) in [6.07, 6.45) is 6.52. The second-order valence-electron chi connectivity index (χ2n) is 22.3. The van der Waals surface area contributed by atoms with Crippen molar-refractivity contribution >= 4 is 145 Å². The van der Waals surface area contributed by atoms with Crippen molar-refractivity contribution in [2.75, 3.05) is 5.34 Å². The molecule has 3 heterocycles. The summed E-state index contributed by atoms with van der Waals surface area (Å²) >= 11 is 9.53. The molecule has 2 aromatic heterocycles. The molecule has 0 bridgehead atoms. The minimum atomic E-state index is -6.00. The van der Waals surface area contributed by atoms with Crippen LogP contribution in [0.4, 0.5) is 34.5 Å². The topological polar surface area (TPSA) is 100 Å². The minimum Gasteiger partial charge on any atom is -0.418 e. The van der Waals surface area contributed by atoms with Gasteiger partial charge in [0, 0.05) is 24.8 Å². The summed E-state index contributed by atoms with van der Waals surface area (Å²) in [4.78, 5) is 16.2. The predicted octanol–water partition coefficient (Wildman–Crippen LogP) is 16.2. The molecule has 1 aliphatic heterocycles. The summed E-state index contributed by atoms with van der Waals surface area (Å²) in [6, 6.07) is 133. The molecule has 560 valence electrons. The predicted molar refractivity (Wildman–Crippen MR) is 447 cm³/mol. The molecule has 0 aliphatic carbocycles. The van der Waals surface area contributed by atoms with E-state index in [1.54, 1.807) is 36.9 Å². The zero-order valence-electron chi connectivity index (χ0n) is 58.0. The summed E-state index contributed by atoms with van der Waals surface area (Å²) in [5.41, 5.74) is 5.51. The number of halogens is 10. The largest absolute Gasteiger partial charge is 1.00 e. The van der Waals surface area contributed by atoms with Gasteiger partial charge in [-0.25, -0.2) is 19.9 Å². The number of hydrazone groups is 2.